The second-order valence-corrected chi connectivity index (χ2v) is 4.89. The van der Waals surface area contributed by atoms with Crippen molar-refractivity contribution in [1.29, 1.82) is 0 Å². The third-order valence-corrected chi connectivity index (χ3v) is 3.17. The molecular formula is C16H16F3NO. The minimum atomic E-state index is -4.41. The molecule has 0 saturated carbocycles. The van der Waals surface area contributed by atoms with E-state index in [1.54, 1.807) is 0 Å². The maximum absolute atomic E-state index is 12.8. The summed E-state index contributed by atoms with van der Waals surface area (Å²) in [6, 6.07) is 9.34. The summed E-state index contributed by atoms with van der Waals surface area (Å²) in [6.45, 7) is 3.60. The van der Waals surface area contributed by atoms with Gasteiger partial charge in [-0.25, -0.2) is 0 Å². The average Bonchev–Trinajstić information content (AvgIpc) is 2.41. The van der Waals surface area contributed by atoms with Gasteiger partial charge >= 0.3 is 6.18 Å². The molecular weight excluding hydrogens is 279 g/mol. The van der Waals surface area contributed by atoms with Crippen LogP contribution in [0.3, 0.4) is 0 Å². The molecule has 0 aliphatic heterocycles. The van der Waals surface area contributed by atoms with Crippen LogP contribution < -0.4 is 10.5 Å². The minimum Gasteiger partial charge on any atom is -0.457 e. The summed E-state index contributed by atoms with van der Waals surface area (Å²) in [5.74, 6) is 0.967. The van der Waals surface area contributed by atoms with E-state index in [0.29, 0.717) is 11.5 Å². The molecule has 2 aromatic rings. The molecule has 0 atom stereocenters. The van der Waals surface area contributed by atoms with E-state index in [1.165, 1.54) is 12.1 Å². The fourth-order valence-electron chi connectivity index (χ4n) is 2.02. The lowest BCUT2D eigenvalue weighted by Crippen LogP contribution is -2.11. The molecule has 2 rings (SSSR count). The Balaban J connectivity index is 2.36. The normalized spacial score (nSPS) is 11.5. The molecule has 0 unspecified atom stereocenters. The van der Waals surface area contributed by atoms with Crippen LogP contribution in [0.15, 0.2) is 36.4 Å². The van der Waals surface area contributed by atoms with Crippen molar-refractivity contribution in [3.05, 3.63) is 58.7 Å². The van der Waals surface area contributed by atoms with E-state index >= 15 is 0 Å². The fraction of sp³-hybridized carbons (Fsp3) is 0.250. The summed E-state index contributed by atoms with van der Waals surface area (Å²) in [7, 11) is 0. The van der Waals surface area contributed by atoms with Crippen molar-refractivity contribution in [3.63, 3.8) is 0 Å². The first kappa shape index (κ1) is 15.4. The topological polar surface area (TPSA) is 35.2 Å². The van der Waals surface area contributed by atoms with E-state index in [4.69, 9.17) is 10.5 Å². The van der Waals surface area contributed by atoms with Crippen molar-refractivity contribution in [2.45, 2.75) is 26.6 Å². The van der Waals surface area contributed by atoms with Gasteiger partial charge in [0.25, 0.3) is 0 Å². The van der Waals surface area contributed by atoms with Gasteiger partial charge in [0.05, 0.1) is 5.56 Å². The van der Waals surface area contributed by atoms with Crippen LogP contribution in [0.1, 0.15) is 22.3 Å². The summed E-state index contributed by atoms with van der Waals surface area (Å²) < 4.78 is 44.1. The first-order valence-electron chi connectivity index (χ1n) is 6.46. The number of hydrogen-bond acceptors (Lipinski definition) is 2. The predicted molar refractivity (Wildman–Crippen MR) is 75.3 cm³/mol. The monoisotopic (exact) mass is 295 g/mol. The molecule has 5 heteroatoms. The molecule has 0 spiro atoms. The van der Waals surface area contributed by atoms with Gasteiger partial charge in [0, 0.05) is 6.54 Å². The largest absolute Gasteiger partial charge is 0.457 e. The number of ether oxygens (including phenoxy) is 1. The van der Waals surface area contributed by atoms with Crippen LogP contribution in [-0.4, -0.2) is 0 Å². The molecule has 0 aromatic heterocycles. The second-order valence-electron chi connectivity index (χ2n) is 4.89. The van der Waals surface area contributed by atoms with Gasteiger partial charge < -0.3 is 10.5 Å². The van der Waals surface area contributed by atoms with Gasteiger partial charge in [0.15, 0.2) is 0 Å². The van der Waals surface area contributed by atoms with E-state index in [9.17, 15) is 13.2 Å². The van der Waals surface area contributed by atoms with E-state index in [1.807, 2.05) is 32.0 Å². The summed E-state index contributed by atoms with van der Waals surface area (Å²) in [5, 5.41) is 0. The van der Waals surface area contributed by atoms with Crippen LogP contribution in [0.25, 0.3) is 0 Å². The highest BCUT2D eigenvalue weighted by molar-refractivity contribution is 5.43. The lowest BCUT2D eigenvalue weighted by atomic mass is 10.1. The molecule has 21 heavy (non-hydrogen) atoms. The van der Waals surface area contributed by atoms with Crippen LogP contribution in [0.2, 0.25) is 0 Å². The third kappa shape index (κ3) is 3.55. The van der Waals surface area contributed by atoms with Gasteiger partial charge in [-0.05, 0) is 54.8 Å². The molecule has 2 aromatic carbocycles. The van der Waals surface area contributed by atoms with Gasteiger partial charge in [-0.15, -0.1) is 0 Å². The number of benzene rings is 2. The smallest absolute Gasteiger partial charge is 0.416 e. The Morgan fingerprint density at radius 3 is 2.38 bits per heavy atom. The van der Waals surface area contributed by atoms with Crippen LogP contribution in [0, 0.1) is 13.8 Å². The minimum absolute atomic E-state index is 0.0188. The zero-order chi connectivity index (χ0) is 15.6. The highest BCUT2D eigenvalue weighted by Crippen LogP contribution is 2.35. The number of alkyl halides is 3. The summed E-state index contributed by atoms with van der Waals surface area (Å²) in [6.07, 6.45) is -4.41. The van der Waals surface area contributed by atoms with Gasteiger partial charge in [-0.3, -0.25) is 0 Å². The van der Waals surface area contributed by atoms with Crippen molar-refractivity contribution in [2.24, 2.45) is 5.73 Å². The van der Waals surface area contributed by atoms with E-state index in [0.717, 1.165) is 17.2 Å². The first-order valence-corrected chi connectivity index (χ1v) is 6.46. The van der Waals surface area contributed by atoms with Crippen molar-refractivity contribution in [3.8, 4) is 11.5 Å². The molecule has 0 saturated heterocycles. The van der Waals surface area contributed by atoms with E-state index in [2.05, 4.69) is 0 Å². The van der Waals surface area contributed by atoms with Crippen LogP contribution >= 0.6 is 0 Å². The fourth-order valence-corrected chi connectivity index (χ4v) is 2.02. The Kier molecular flexibility index (Phi) is 4.23. The molecule has 0 heterocycles. The van der Waals surface area contributed by atoms with Gasteiger partial charge in [-0.2, -0.15) is 13.2 Å². The summed E-state index contributed by atoms with van der Waals surface area (Å²) in [4.78, 5) is 0. The van der Waals surface area contributed by atoms with Gasteiger partial charge in [0.1, 0.15) is 11.5 Å². The van der Waals surface area contributed by atoms with Crippen LogP contribution in [0.4, 0.5) is 13.2 Å². The molecule has 0 aliphatic carbocycles. The Labute approximate surface area is 121 Å². The molecule has 0 bridgehead atoms. The zero-order valence-corrected chi connectivity index (χ0v) is 11.8. The first-order chi connectivity index (χ1) is 9.81. The number of hydrogen-bond donors (Lipinski definition) is 1. The third-order valence-electron chi connectivity index (χ3n) is 3.17. The standard InChI is InChI=1S/C16H16F3NO/c1-10-3-4-11(2)15(7-10)21-13-5-6-14(16(17,18)19)12(8-13)9-20/h3-8H,9,20H2,1-2H3. The van der Waals surface area contributed by atoms with Crippen molar-refractivity contribution < 1.29 is 17.9 Å². The number of rotatable bonds is 3. The molecule has 2 nitrogen and oxygen atoms in total. The SMILES string of the molecule is Cc1ccc(C)c(Oc2ccc(C(F)(F)F)c(CN)c2)c1. The number of halogens is 3. The predicted octanol–water partition coefficient (Wildman–Crippen LogP) is 4.57. The lowest BCUT2D eigenvalue weighted by Gasteiger charge is -2.14. The summed E-state index contributed by atoms with van der Waals surface area (Å²) >= 11 is 0. The van der Waals surface area contributed by atoms with E-state index < -0.39 is 11.7 Å². The van der Waals surface area contributed by atoms with Crippen LogP contribution in [-0.2, 0) is 12.7 Å². The molecule has 2 N–H and O–H groups in total. The van der Waals surface area contributed by atoms with Gasteiger partial charge in [0.2, 0.25) is 0 Å². The zero-order valence-electron chi connectivity index (χ0n) is 11.8. The second kappa shape index (κ2) is 5.77. The van der Waals surface area contributed by atoms with E-state index in [-0.39, 0.29) is 12.1 Å². The van der Waals surface area contributed by atoms with Gasteiger partial charge in [-0.1, -0.05) is 12.1 Å². The van der Waals surface area contributed by atoms with Crippen molar-refractivity contribution in [2.75, 3.05) is 0 Å². The summed E-state index contributed by atoms with van der Waals surface area (Å²) in [5.41, 5.74) is 6.63. The maximum Gasteiger partial charge on any atom is 0.416 e. The highest BCUT2D eigenvalue weighted by Gasteiger charge is 2.33. The Morgan fingerprint density at radius 1 is 1.05 bits per heavy atom. The lowest BCUT2D eigenvalue weighted by molar-refractivity contribution is -0.138. The molecule has 0 amide bonds. The Morgan fingerprint density at radius 2 is 1.76 bits per heavy atom. The molecule has 112 valence electrons. The van der Waals surface area contributed by atoms with Crippen LogP contribution in [0.5, 0.6) is 11.5 Å². The quantitative estimate of drug-likeness (QED) is 0.900. The molecule has 0 aliphatic rings. The van der Waals surface area contributed by atoms with Crippen molar-refractivity contribution in [1.82, 2.24) is 0 Å². The Bertz CT molecular complexity index is 650. The molecule has 0 radical (unpaired) electrons. The highest BCUT2D eigenvalue weighted by atomic mass is 19.4. The number of nitrogens with two attached hydrogens (primary N) is 1. The van der Waals surface area contributed by atoms with Crippen molar-refractivity contribution >= 4 is 0 Å². The average molecular weight is 295 g/mol. The Hall–Kier alpha value is -2.01. The molecule has 0 fully saturated rings. The number of aryl methyl sites for hydroxylation is 2. The maximum atomic E-state index is 12.8.